The van der Waals surface area contributed by atoms with E-state index in [1.165, 1.54) is 19.9 Å². The van der Waals surface area contributed by atoms with Crippen LogP contribution in [-0.2, 0) is 9.59 Å². The molecule has 0 unspecified atom stereocenters. The summed E-state index contributed by atoms with van der Waals surface area (Å²) in [5.41, 5.74) is 2.02. The van der Waals surface area contributed by atoms with Gasteiger partial charge >= 0.3 is 0 Å². The summed E-state index contributed by atoms with van der Waals surface area (Å²) in [6.45, 7) is 3.06. The first kappa shape index (κ1) is 20.6. The van der Waals surface area contributed by atoms with E-state index in [1.807, 2.05) is 24.3 Å². The van der Waals surface area contributed by atoms with Crippen LogP contribution in [-0.4, -0.2) is 47.1 Å². The van der Waals surface area contributed by atoms with E-state index in [4.69, 9.17) is 0 Å². The highest BCUT2D eigenvalue weighted by Crippen LogP contribution is 2.40. The number of aliphatic hydroxyl groups excluding tert-OH is 1. The number of halogens is 1. The second kappa shape index (κ2) is 8.89. The molecule has 1 fully saturated rings. The van der Waals surface area contributed by atoms with Gasteiger partial charge in [0.15, 0.2) is 0 Å². The topological polar surface area (TPSA) is 69.6 Å². The first-order chi connectivity index (χ1) is 13.9. The number of nitrogens with zero attached hydrogens (tertiary/aromatic N) is 1. The lowest BCUT2D eigenvalue weighted by Gasteiger charge is -2.54. The second-order valence-electron chi connectivity index (χ2n) is 7.06. The minimum absolute atomic E-state index is 0.0932. The van der Waals surface area contributed by atoms with Crippen molar-refractivity contribution in [1.82, 2.24) is 10.2 Å². The molecule has 3 atom stereocenters. The summed E-state index contributed by atoms with van der Waals surface area (Å²) in [6, 6.07) is 13.3. The van der Waals surface area contributed by atoms with Crippen LogP contribution in [0.25, 0.3) is 0 Å². The molecule has 2 aromatic rings. The predicted molar refractivity (Wildman–Crippen MR) is 107 cm³/mol. The van der Waals surface area contributed by atoms with Gasteiger partial charge in [-0.05, 0) is 29.8 Å². The van der Waals surface area contributed by atoms with Crippen LogP contribution >= 0.6 is 0 Å². The fraction of sp³-hybridized carbons (Fsp3) is 0.304. The standard InChI is InChI=1S/C23H23FN2O3/c1-15(28)25-13-21-23(22(14-27)26(21)16(2)29)19-11-8-17(9-12-19)7-10-18-5-3-4-6-20(18)24/h3-6,8-9,11-12,21-23,27H,13-14H2,1-2H3,(H,25,28)/t21-,22+,23+/m0/s1. The van der Waals surface area contributed by atoms with Gasteiger partial charge in [-0.25, -0.2) is 4.39 Å². The minimum atomic E-state index is -0.359. The zero-order valence-corrected chi connectivity index (χ0v) is 16.4. The van der Waals surface area contributed by atoms with E-state index in [9.17, 15) is 19.1 Å². The number of nitrogens with one attached hydrogen (secondary N) is 1. The van der Waals surface area contributed by atoms with Crippen molar-refractivity contribution in [2.75, 3.05) is 13.2 Å². The molecule has 0 bridgehead atoms. The molecule has 1 heterocycles. The van der Waals surface area contributed by atoms with Crippen molar-refractivity contribution in [2.45, 2.75) is 31.8 Å². The van der Waals surface area contributed by atoms with Crippen molar-refractivity contribution in [3.63, 3.8) is 0 Å². The molecular formula is C23H23FN2O3. The third kappa shape index (κ3) is 4.47. The Morgan fingerprint density at radius 2 is 1.76 bits per heavy atom. The normalized spacial score (nSPS) is 20.3. The lowest BCUT2D eigenvalue weighted by atomic mass is 9.75. The van der Waals surface area contributed by atoms with E-state index in [2.05, 4.69) is 17.2 Å². The van der Waals surface area contributed by atoms with Crippen molar-refractivity contribution in [2.24, 2.45) is 0 Å². The Morgan fingerprint density at radius 3 is 2.34 bits per heavy atom. The zero-order chi connectivity index (χ0) is 21.0. The smallest absolute Gasteiger partial charge is 0.220 e. The highest BCUT2D eigenvalue weighted by molar-refractivity contribution is 5.77. The number of benzene rings is 2. The van der Waals surface area contributed by atoms with Crippen LogP contribution in [0.3, 0.4) is 0 Å². The summed E-state index contributed by atoms with van der Waals surface area (Å²) in [5.74, 6) is 5.01. The lowest BCUT2D eigenvalue weighted by Crippen LogP contribution is -2.68. The van der Waals surface area contributed by atoms with E-state index in [0.29, 0.717) is 12.1 Å². The number of hydrogen-bond acceptors (Lipinski definition) is 3. The van der Waals surface area contributed by atoms with Crippen LogP contribution in [0.4, 0.5) is 4.39 Å². The molecule has 3 rings (SSSR count). The Morgan fingerprint density at radius 1 is 1.07 bits per heavy atom. The third-order valence-corrected chi connectivity index (χ3v) is 5.17. The largest absolute Gasteiger partial charge is 0.394 e. The number of aliphatic hydroxyl groups is 1. The van der Waals surface area contributed by atoms with Gasteiger partial charge in [0.1, 0.15) is 5.82 Å². The van der Waals surface area contributed by atoms with E-state index in [-0.39, 0.29) is 42.2 Å². The van der Waals surface area contributed by atoms with Crippen LogP contribution in [0, 0.1) is 17.7 Å². The summed E-state index contributed by atoms with van der Waals surface area (Å²) in [4.78, 5) is 24.9. The number of rotatable bonds is 4. The van der Waals surface area contributed by atoms with Gasteiger partial charge in [0, 0.05) is 31.9 Å². The second-order valence-corrected chi connectivity index (χ2v) is 7.06. The van der Waals surface area contributed by atoms with Crippen molar-refractivity contribution in [3.8, 4) is 11.8 Å². The first-order valence-electron chi connectivity index (χ1n) is 9.43. The molecule has 0 saturated carbocycles. The Labute approximate surface area is 169 Å². The first-order valence-corrected chi connectivity index (χ1v) is 9.43. The molecule has 2 amide bonds. The number of carbonyl (C=O) groups is 2. The zero-order valence-electron chi connectivity index (χ0n) is 16.4. The molecule has 2 aromatic carbocycles. The number of carbonyl (C=O) groups excluding carboxylic acids is 2. The molecule has 2 N–H and O–H groups in total. The lowest BCUT2D eigenvalue weighted by molar-refractivity contribution is -0.148. The number of hydrogen-bond donors (Lipinski definition) is 2. The minimum Gasteiger partial charge on any atom is -0.394 e. The van der Waals surface area contributed by atoms with Crippen molar-refractivity contribution >= 4 is 11.8 Å². The molecule has 5 nitrogen and oxygen atoms in total. The Kier molecular flexibility index (Phi) is 6.30. The molecule has 1 saturated heterocycles. The van der Waals surface area contributed by atoms with Gasteiger partial charge in [-0.3, -0.25) is 9.59 Å². The van der Waals surface area contributed by atoms with E-state index in [0.717, 1.165) is 11.1 Å². The Balaban J connectivity index is 1.81. The van der Waals surface area contributed by atoms with Crippen LogP contribution < -0.4 is 5.32 Å². The fourth-order valence-corrected chi connectivity index (χ4v) is 3.82. The molecule has 0 aromatic heterocycles. The van der Waals surface area contributed by atoms with E-state index >= 15 is 0 Å². The van der Waals surface area contributed by atoms with Gasteiger partial charge in [-0.15, -0.1) is 0 Å². The number of amides is 2. The third-order valence-electron chi connectivity index (χ3n) is 5.17. The highest BCUT2D eigenvalue weighted by atomic mass is 19.1. The maximum Gasteiger partial charge on any atom is 0.220 e. The fourth-order valence-electron chi connectivity index (χ4n) is 3.82. The van der Waals surface area contributed by atoms with Gasteiger partial charge in [-0.1, -0.05) is 36.1 Å². The Bertz CT molecular complexity index is 962. The average molecular weight is 394 g/mol. The molecule has 1 aliphatic heterocycles. The maximum atomic E-state index is 13.7. The molecule has 0 spiro atoms. The summed E-state index contributed by atoms with van der Waals surface area (Å²) in [5, 5.41) is 12.5. The van der Waals surface area contributed by atoms with Crippen molar-refractivity contribution in [3.05, 3.63) is 71.0 Å². The average Bonchev–Trinajstić information content (AvgIpc) is 2.67. The van der Waals surface area contributed by atoms with Crippen molar-refractivity contribution < 1.29 is 19.1 Å². The highest BCUT2D eigenvalue weighted by Gasteiger charge is 2.49. The molecular weight excluding hydrogens is 371 g/mol. The van der Waals surface area contributed by atoms with Gasteiger partial charge in [0.2, 0.25) is 11.8 Å². The predicted octanol–water partition coefficient (Wildman–Crippen LogP) is 2.04. The summed E-state index contributed by atoms with van der Waals surface area (Å²) in [6.07, 6.45) is 0. The Hall–Kier alpha value is -3.17. The quantitative estimate of drug-likeness (QED) is 0.780. The van der Waals surface area contributed by atoms with Gasteiger partial charge in [-0.2, -0.15) is 0 Å². The SMILES string of the molecule is CC(=O)NC[C@H]1[C@@H](c2ccc(C#Cc3ccccc3F)cc2)[C@@H](CO)N1C(C)=O. The van der Waals surface area contributed by atoms with Crippen LogP contribution in [0.15, 0.2) is 48.5 Å². The van der Waals surface area contributed by atoms with E-state index < -0.39 is 0 Å². The van der Waals surface area contributed by atoms with Gasteiger partial charge in [0.05, 0.1) is 24.3 Å². The van der Waals surface area contributed by atoms with Crippen LogP contribution in [0.5, 0.6) is 0 Å². The summed E-state index contributed by atoms with van der Waals surface area (Å²) < 4.78 is 13.7. The monoisotopic (exact) mass is 394 g/mol. The molecule has 150 valence electrons. The molecule has 0 aliphatic carbocycles. The molecule has 0 radical (unpaired) electrons. The number of likely N-dealkylation sites (tertiary alicyclic amines) is 1. The van der Waals surface area contributed by atoms with Gasteiger partial charge in [0.25, 0.3) is 0 Å². The van der Waals surface area contributed by atoms with E-state index in [1.54, 1.807) is 23.1 Å². The van der Waals surface area contributed by atoms with Crippen LogP contribution in [0.1, 0.15) is 36.5 Å². The molecule has 1 aliphatic rings. The molecule has 29 heavy (non-hydrogen) atoms. The van der Waals surface area contributed by atoms with Crippen LogP contribution in [0.2, 0.25) is 0 Å². The van der Waals surface area contributed by atoms with Crippen molar-refractivity contribution in [1.29, 1.82) is 0 Å². The maximum absolute atomic E-state index is 13.7. The molecule has 6 heteroatoms. The summed E-state index contributed by atoms with van der Waals surface area (Å²) in [7, 11) is 0. The van der Waals surface area contributed by atoms with Gasteiger partial charge < -0.3 is 15.3 Å². The summed E-state index contributed by atoms with van der Waals surface area (Å²) >= 11 is 0.